The fraction of sp³-hybridized carbons (Fsp3) is 0.0909. The van der Waals surface area contributed by atoms with Crippen molar-refractivity contribution in [1.82, 2.24) is 9.71 Å². The first kappa shape index (κ1) is 22.1. The van der Waals surface area contributed by atoms with Gasteiger partial charge >= 0.3 is 6.18 Å². The van der Waals surface area contributed by atoms with E-state index in [1.54, 1.807) is 42.5 Å². The molecule has 0 radical (unpaired) electrons. The molecule has 0 saturated heterocycles. The van der Waals surface area contributed by atoms with Gasteiger partial charge in [-0.2, -0.15) is 17.9 Å². The van der Waals surface area contributed by atoms with Crippen LogP contribution in [0.2, 0.25) is 0 Å². The van der Waals surface area contributed by atoms with Gasteiger partial charge in [-0.05, 0) is 54.6 Å². The molecule has 0 atom stereocenters. The molecular formula is C22H17F3N4O4. The second-order valence-corrected chi connectivity index (χ2v) is 7.27. The van der Waals surface area contributed by atoms with E-state index in [0.29, 0.717) is 28.0 Å². The van der Waals surface area contributed by atoms with Crippen LogP contribution in [0.5, 0.6) is 0 Å². The highest BCUT2D eigenvalue weighted by Crippen LogP contribution is 2.36. The van der Waals surface area contributed by atoms with Crippen molar-refractivity contribution in [2.24, 2.45) is 0 Å². The summed E-state index contributed by atoms with van der Waals surface area (Å²) in [6.07, 6.45) is -5.29. The van der Waals surface area contributed by atoms with Gasteiger partial charge in [0.2, 0.25) is 0 Å². The van der Waals surface area contributed by atoms with Crippen molar-refractivity contribution in [1.29, 1.82) is 0 Å². The fourth-order valence-corrected chi connectivity index (χ4v) is 3.19. The Morgan fingerprint density at radius 2 is 1.61 bits per heavy atom. The lowest BCUT2D eigenvalue weighted by atomic mass is 10.0. The van der Waals surface area contributed by atoms with Crippen LogP contribution in [0.1, 0.15) is 15.9 Å². The highest BCUT2D eigenvalue weighted by atomic mass is 19.4. The maximum atomic E-state index is 12.7. The zero-order chi connectivity index (χ0) is 24.0. The van der Waals surface area contributed by atoms with Crippen LogP contribution in [-0.2, 0) is 5.79 Å². The number of benzene rings is 3. The Morgan fingerprint density at radius 1 is 0.970 bits per heavy atom. The Labute approximate surface area is 184 Å². The van der Waals surface area contributed by atoms with Crippen LogP contribution in [0.4, 0.5) is 24.5 Å². The topological polar surface area (TPSA) is 134 Å². The summed E-state index contributed by atoms with van der Waals surface area (Å²) < 4.78 is 39.1. The van der Waals surface area contributed by atoms with Crippen LogP contribution in [-0.4, -0.2) is 37.2 Å². The van der Waals surface area contributed by atoms with E-state index in [-0.39, 0.29) is 11.4 Å². The second kappa shape index (κ2) is 7.80. The second-order valence-electron chi connectivity index (χ2n) is 7.27. The van der Waals surface area contributed by atoms with Gasteiger partial charge < -0.3 is 26.5 Å². The van der Waals surface area contributed by atoms with Crippen molar-refractivity contribution in [3.05, 3.63) is 77.9 Å². The summed E-state index contributed by atoms with van der Waals surface area (Å²) in [5, 5.41) is 31.5. The number of aliphatic hydroxyl groups is 2. The molecule has 3 aromatic carbocycles. The lowest BCUT2D eigenvalue weighted by Gasteiger charge is -2.24. The molecule has 0 aliphatic carbocycles. The van der Waals surface area contributed by atoms with Crippen molar-refractivity contribution >= 4 is 28.3 Å². The Bertz CT molecular complexity index is 1330. The van der Waals surface area contributed by atoms with E-state index in [2.05, 4.69) is 10.3 Å². The monoisotopic (exact) mass is 458 g/mol. The summed E-state index contributed by atoms with van der Waals surface area (Å²) in [7, 11) is 0. The number of carbonyl (C=O) groups excluding carboxylic acids is 1. The predicted molar refractivity (Wildman–Crippen MR) is 113 cm³/mol. The molecule has 0 saturated carbocycles. The van der Waals surface area contributed by atoms with Gasteiger partial charge in [0.15, 0.2) is 5.82 Å². The largest absolute Gasteiger partial charge is 0.447 e. The van der Waals surface area contributed by atoms with Crippen molar-refractivity contribution in [3.63, 3.8) is 0 Å². The van der Waals surface area contributed by atoms with Crippen molar-refractivity contribution in [3.8, 4) is 11.4 Å². The number of anilines is 2. The molecule has 0 fully saturated rings. The van der Waals surface area contributed by atoms with E-state index >= 15 is 0 Å². The van der Waals surface area contributed by atoms with E-state index in [9.17, 15) is 33.4 Å². The zero-order valence-corrected chi connectivity index (χ0v) is 16.7. The smallest absolute Gasteiger partial charge is 0.426 e. The standard InChI is InChI=1S/C22H17F3N4O4/c23-22(24,25)21(31,32)14-5-1-13(2-6-14)20(30)27-16-8-3-12(4-9-16)19-28-17-10-7-15(26)11-18(17)29(19)33/h1-11,31-33H,26H2,(H,27,30). The third-order valence-electron chi connectivity index (χ3n) is 5.00. The van der Waals surface area contributed by atoms with Crippen molar-refractivity contribution in [2.45, 2.75) is 12.0 Å². The molecule has 0 spiro atoms. The average molecular weight is 458 g/mol. The molecule has 11 heteroatoms. The van der Waals surface area contributed by atoms with E-state index in [4.69, 9.17) is 5.73 Å². The molecule has 8 nitrogen and oxygen atoms in total. The summed E-state index contributed by atoms with van der Waals surface area (Å²) in [6, 6.07) is 15.0. The number of hydrogen-bond donors (Lipinski definition) is 5. The lowest BCUT2D eigenvalue weighted by molar-refractivity contribution is -0.358. The molecule has 4 rings (SSSR count). The van der Waals surface area contributed by atoms with Gasteiger partial charge in [-0.25, -0.2) is 4.98 Å². The number of nitrogens with zero attached hydrogens (tertiary/aromatic N) is 2. The first-order valence-corrected chi connectivity index (χ1v) is 9.48. The van der Waals surface area contributed by atoms with Crippen LogP contribution >= 0.6 is 0 Å². The van der Waals surface area contributed by atoms with Crippen LogP contribution in [0.15, 0.2) is 66.7 Å². The molecule has 0 aliphatic heterocycles. The quantitative estimate of drug-likeness (QED) is 0.181. The van der Waals surface area contributed by atoms with Gasteiger partial charge in [0, 0.05) is 28.1 Å². The number of aromatic nitrogens is 2. The third kappa shape index (κ3) is 4.06. The number of fused-ring (bicyclic) bond motifs is 1. The normalized spacial score (nSPS) is 12.2. The minimum Gasteiger partial charge on any atom is -0.426 e. The molecule has 6 N–H and O–H groups in total. The third-order valence-corrected chi connectivity index (χ3v) is 5.00. The molecule has 0 bridgehead atoms. The van der Waals surface area contributed by atoms with Crippen LogP contribution in [0, 0.1) is 0 Å². The van der Waals surface area contributed by atoms with E-state index < -0.39 is 23.4 Å². The number of imidazole rings is 1. The first-order valence-electron chi connectivity index (χ1n) is 9.48. The highest BCUT2D eigenvalue weighted by molar-refractivity contribution is 6.04. The summed E-state index contributed by atoms with van der Waals surface area (Å²) in [6.45, 7) is 0. The number of alkyl halides is 3. The highest BCUT2D eigenvalue weighted by Gasteiger charge is 2.54. The Hall–Kier alpha value is -4.09. The lowest BCUT2D eigenvalue weighted by Crippen LogP contribution is -2.42. The molecule has 4 aromatic rings. The Balaban J connectivity index is 1.51. The minimum absolute atomic E-state index is 0.00976. The molecule has 1 amide bonds. The minimum atomic E-state index is -5.29. The average Bonchev–Trinajstić information content (AvgIpc) is 3.09. The van der Waals surface area contributed by atoms with Crippen LogP contribution < -0.4 is 11.1 Å². The Morgan fingerprint density at radius 3 is 2.21 bits per heavy atom. The number of carbonyl (C=O) groups is 1. The van der Waals surface area contributed by atoms with Crippen molar-refractivity contribution < 1.29 is 33.4 Å². The van der Waals surface area contributed by atoms with E-state index in [0.717, 1.165) is 29.0 Å². The molecule has 0 aliphatic rings. The van der Waals surface area contributed by atoms with Gasteiger partial charge in [0.1, 0.15) is 5.52 Å². The van der Waals surface area contributed by atoms with Crippen molar-refractivity contribution in [2.75, 3.05) is 11.1 Å². The Kier molecular flexibility index (Phi) is 5.23. The van der Waals surface area contributed by atoms with Gasteiger partial charge in [-0.3, -0.25) is 4.79 Å². The maximum absolute atomic E-state index is 12.7. The zero-order valence-electron chi connectivity index (χ0n) is 16.7. The molecule has 170 valence electrons. The molecule has 0 unspecified atom stereocenters. The number of hydrogen-bond acceptors (Lipinski definition) is 6. The first-order chi connectivity index (χ1) is 15.5. The SMILES string of the molecule is Nc1ccc2nc(-c3ccc(NC(=O)c4ccc(C(O)(O)C(F)(F)F)cc4)cc3)n(O)c2c1. The summed E-state index contributed by atoms with van der Waals surface area (Å²) >= 11 is 0. The number of nitrogens with one attached hydrogen (secondary N) is 1. The van der Waals surface area contributed by atoms with E-state index in [1.165, 1.54) is 0 Å². The number of amides is 1. The summed E-state index contributed by atoms with van der Waals surface area (Å²) in [5.41, 5.74) is 7.32. The molecular weight excluding hydrogens is 441 g/mol. The van der Waals surface area contributed by atoms with Crippen LogP contribution in [0.25, 0.3) is 22.4 Å². The summed E-state index contributed by atoms with van der Waals surface area (Å²) in [5.74, 6) is -4.37. The maximum Gasteiger partial charge on any atom is 0.447 e. The fourth-order valence-electron chi connectivity index (χ4n) is 3.19. The van der Waals surface area contributed by atoms with Gasteiger partial charge in [0.25, 0.3) is 11.7 Å². The van der Waals surface area contributed by atoms with Crippen LogP contribution in [0.3, 0.4) is 0 Å². The van der Waals surface area contributed by atoms with Gasteiger partial charge in [-0.15, -0.1) is 0 Å². The van der Waals surface area contributed by atoms with E-state index in [1.807, 2.05) is 0 Å². The van der Waals surface area contributed by atoms with Gasteiger partial charge in [0.05, 0.1) is 5.52 Å². The summed E-state index contributed by atoms with van der Waals surface area (Å²) in [4.78, 5) is 16.8. The van der Waals surface area contributed by atoms with Gasteiger partial charge in [-0.1, -0.05) is 12.1 Å². The number of halogens is 3. The molecule has 1 heterocycles. The molecule has 1 aromatic heterocycles. The molecule has 33 heavy (non-hydrogen) atoms. The predicted octanol–water partition coefficient (Wildman–Crippen LogP) is 3.47. The number of nitrogens with two attached hydrogens (primary N) is 1. The number of rotatable bonds is 4. The number of nitrogen functional groups attached to an aromatic ring is 1.